The lowest BCUT2D eigenvalue weighted by molar-refractivity contribution is -0.136. The third kappa shape index (κ3) is 5.42. The van der Waals surface area contributed by atoms with Crippen molar-refractivity contribution in [3.8, 4) is 0 Å². The molecule has 2 unspecified atom stereocenters. The smallest absolute Gasteiger partial charge is 0.303 e. The van der Waals surface area contributed by atoms with Crippen LogP contribution < -0.4 is 0 Å². The minimum Gasteiger partial charge on any atom is -0.498 e. The highest BCUT2D eigenvalue weighted by molar-refractivity contribution is 7.90. The average molecular weight is 450 g/mol. The van der Waals surface area contributed by atoms with Gasteiger partial charge in [0.15, 0.2) is 0 Å². The van der Waals surface area contributed by atoms with Gasteiger partial charge in [0.05, 0.1) is 25.0 Å². The van der Waals surface area contributed by atoms with Crippen LogP contribution in [-0.2, 0) is 24.3 Å². The molecule has 0 saturated heterocycles. The Morgan fingerprint density at radius 3 is 2.71 bits per heavy atom. The van der Waals surface area contributed by atoms with Gasteiger partial charge in [-0.3, -0.25) is 9.10 Å². The molecule has 1 aliphatic heterocycles. The van der Waals surface area contributed by atoms with Crippen LogP contribution in [0, 0.1) is 0 Å². The molecule has 2 atom stereocenters. The first-order valence-electron chi connectivity index (χ1n) is 10.9. The molecule has 3 aliphatic rings. The van der Waals surface area contributed by atoms with E-state index in [1.165, 1.54) is 4.31 Å². The normalized spacial score (nSPS) is 22.8. The number of hydrogen-bond acceptors (Lipinski definition) is 5. The van der Waals surface area contributed by atoms with Crippen LogP contribution >= 0.6 is 0 Å². The molecule has 8 heteroatoms. The van der Waals surface area contributed by atoms with Crippen molar-refractivity contribution < 1.29 is 27.8 Å². The number of hydrogen-bond donors (Lipinski definition) is 1. The Kier molecular flexibility index (Phi) is 7.64. The van der Waals surface area contributed by atoms with Crippen LogP contribution in [0.5, 0.6) is 0 Å². The fourth-order valence-electron chi connectivity index (χ4n) is 3.92. The molecule has 0 amide bonds. The van der Waals surface area contributed by atoms with E-state index >= 15 is 0 Å². The summed E-state index contributed by atoms with van der Waals surface area (Å²) in [7, 11) is -3.69. The Labute approximate surface area is 184 Å². The molecule has 0 aromatic heterocycles. The number of allylic oxidation sites excluding steroid dienone is 4. The fourth-order valence-corrected chi connectivity index (χ4v) is 5.67. The number of carboxylic acid groups (broad SMARTS) is 1. The molecule has 0 radical (unpaired) electrons. The molecule has 0 fully saturated rings. The zero-order valence-electron chi connectivity index (χ0n) is 18.1. The first-order chi connectivity index (χ1) is 14.9. The number of aliphatic carboxylic acids is 1. The SMILES string of the molecule is CCCCOC1=CCC(S(=O)(=O)N2C=C(CCC(=O)O)C3=CC=C(OCC)CC32)C=C1. The molecular formula is C23H31NO6S. The first kappa shape index (κ1) is 23.2. The van der Waals surface area contributed by atoms with Gasteiger partial charge >= 0.3 is 5.97 Å². The van der Waals surface area contributed by atoms with Gasteiger partial charge in [-0.15, -0.1) is 0 Å². The van der Waals surface area contributed by atoms with E-state index in [1.54, 1.807) is 18.4 Å². The van der Waals surface area contributed by atoms with Crippen molar-refractivity contribution in [3.63, 3.8) is 0 Å². The van der Waals surface area contributed by atoms with Crippen molar-refractivity contribution in [1.29, 1.82) is 0 Å². The number of fused-ring (bicyclic) bond motifs is 1. The van der Waals surface area contributed by atoms with Crippen LogP contribution in [0.3, 0.4) is 0 Å². The average Bonchev–Trinajstić information content (AvgIpc) is 3.12. The summed E-state index contributed by atoms with van der Waals surface area (Å²) < 4.78 is 39.7. The van der Waals surface area contributed by atoms with E-state index in [4.69, 9.17) is 14.6 Å². The highest BCUT2D eigenvalue weighted by atomic mass is 32.2. The Hall–Kier alpha value is -2.48. The molecule has 2 aliphatic carbocycles. The van der Waals surface area contributed by atoms with E-state index in [-0.39, 0.29) is 12.8 Å². The maximum atomic E-state index is 13.5. The van der Waals surface area contributed by atoms with Crippen LogP contribution in [0.1, 0.15) is 52.4 Å². The second-order valence-corrected chi connectivity index (χ2v) is 9.83. The number of rotatable bonds is 11. The van der Waals surface area contributed by atoms with E-state index < -0.39 is 27.3 Å². The Morgan fingerprint density at radius 2 is 2.06 bits per heavy atom. The van der Waals surface area contributed by atoms with Crippen molar-refractivity contribution >= 4 is 16.0 Å². The molecule has 1 N–H and O–H groups in total. The summed E-state index contributed by atoms with van der Waals surface area (Å²) in [6, 6.07) is -0.403. The maximum Gasteiger partial charge on any atom is 0.303 e. The van der Waals surface area contributed by atoms with Crippen molar-refractivity contribution in [2.75, 3.05) is 13.2 Å². The monoisotopic (exact) mass is 449 g/mol. The summed E-state index contributed by atoms with van der Waals surface area (Å²) in [5.74, 6) is 0.533. The van der Waals surface area contributed by atoms with E-state index in [9.17, 15) is 13.2 Å². The molecule has 0 aromatic rings. The second-order valence-electron chi connectivity index (χ2n) is 7.77. The zero-order valence-corrected chi connectivity index (χ0v) is 18.9. The summed E-state index contributed by atoms with van der Waals surface area (Å²) in [6.45, 7) is 5.10. The Bertz CT molecular complexity index is 941. The maximum absolute atomic E-state index is 13.5. The number of unbranched alkanes of at least 4 members (excludes halogenated alkanes) is 1. The third-order valence-corrected chi connectivity index (χ3v) is 7.63. The van der Waals surface area contributed by atoms with Gasteiger partial charge in [0.25, 0.3) is 0 Å². The molecule has 0 saturated carbocycles. The predicted octanol–water partition coefficient (Wildman–Crippen LogP) is 4.03. The van der Waals surface area contributed by atoms with Crippen molar-refractivity contribution in [1.82, 2.24) is 4.31 Å². The van der Waals surface area contributed by atoms with E-state index in [2.05, 4.69) is 6.92 Å². The van der Waals surface area contributed by atoms with Crippen LogP contribution in [0.4, 0.5) is 0 Å². The number of carbonyl (C=O) groups is 1. The molecular weight excluding hydrogens is 418 g/mol. The fraction of sp³-hybridized carbons (Fsp3) is 0.522. The quantitative estimate of drug-likeness (QED) is 0.479. The summed E-state index contributed by atoms with van der Waals surface area (Å²) in [4.78, 5) is 11.1. The molecule has 7 nitrogen and oxygen atoms in total. The molecule has 0 aromatic carbocycles. The lowest BCUT2D eigenvalue weighted by Gasteiger charge is -2.31. The van der Waals surface area contributed by atoms with Gasteiger partial charge in [-0.05, 0) is 55.6 Å². The standard InChI is InChI=1S/C23H31NO6S/c1-3-5-14-30-18-7-10-20(11-8-18)31(27,28)24-16-17(6-13-23(25)26)21-12-9-19(29-4-2)15-22(21)24/h7-10,12,16,20,22H,3-6,11,13-15H2,1-2H3,(H,25,26). The number of sulfonamides is 1. The minimum absolute atomic E-state index is 0.0453. The number of carboxylic acids is 1. The number of ether oxygens (including phenoxy) is 2. The molecule has 0 spiro atoms. The van der Waals surface area contributed by atoms with Gasteiger partial charge in [-0.25, -0.2) is 8.42 Å². The van der Waals surface area contributed by atoms with Gasteiger partial charge in [0.1, 0.15) is 11.0 Å². The second kappa shape index (κ2) is 10.2. The molecule has 0 bridgehead atoms. The van der Waals surface area contributed by atoms with E-state index in [0.717, 1.165) is 29.7 Å². The largest absolute Gasteiger partial charge is 0.498 e. The lowest BCUT2D eigenvalue weighted by Crippen LogP contribution is -2.40. The van der Waals surface area contributed by atoms with E-state index in [1.807, 2.05) is 25.2 Å². The minimum atomic E-state index is -3.69. The van der Waals surface area contributed by atoms with Crippen LogP contribution in [-0.4, -0.2) is 48.3 Å². The molecule has 1 heterocycles. The van der Waals surface area contributed by atoms with Gasteiger partial charge in [-0.1, -0.05) is 25.5 Å². The topological polar surface area (TPSA) is 93.1 Å². The highest BCUT2D eigenvalue weighted by Crippen LogP contribution is 2.40. The van der Waals surface area contributed by atoms with Gasteiger partial charge < -0.3 is 14.6 Å². The molecule has 3 rings (SSSR count). The highest BCUT2D eigenvalue weighted by Gasteiger charge is 2.41. The Morgan fingerprint density at radius 1 is 1.26 bits per heavy atom. The number of nitrogens with zero attached hydrogens (tertiary/aromatic N) is 1. The molecule has 170 valence electrons. The summed E-state index contributed by atoms with van der Waals surface area (Å²) in [5.41, 5.74) is 1.61. The van der Waals surface area contributed by atoms with Crippen molar-refractivity contribution in [2.24, 2.45) is 0 Å². The summed E-state index contributed by atoms with van der Waals surface area (Å²) in [5, 5.41) is 8.38. The van der Waals surface area contributed by atoms with Gasteiger partial charge in [-0.2, -0.15) is 0 Å². The van der Waals surface area contributed by atoms with Gasteiger partial charge in [0, 0.05) is 19.0 Å². The molecule has 31 heavy (non-hydrogen) atoms. The van der Waals surface area contributed by atoms with Crippen molar-refractivity contribution in [2.45, 2.75) is 63.7 Å². The van der Waals surface area contributed by atoms with Crippen LogP contribution in [0.2, 0.25) is 0 Å². The summed E-state index contributed by atoms with van der Waals surface area (Å²) in [6.07, 6.45) is 13.6. The zero-order chi connectivity index (χ0) is 22.4. The van der Waals surface area contributed by atoms with E-state index in [0.29, 0.717) is 31.8 Å². The summed E-state index contributed by atoms with van der Waals surface area (Å²) >= 11 is 0. The first-order valence-corrected chi connectivity index (χ1v) is 12.4. The Balaban J connectivity index is 1.79. The third-order valence-electron chi connectivity index (χ3n) is 5.57. The van der Waals surface area contributed by atoms with Crippen LogP contribution in [0.15, 0.2) is 59.2 Å². The van der Waals surface area contributed by atoms with Gasteiger partial charge in [0.2, 0.25) is 10.0 Å². The van der Waals surface area contributed by atoms with Crippen LogP contribution in [0.25, 0.3) is 0 Å². The predicted molar refractivity (Wildman–Crippen MR) is 118 cm³/mol. The lowest BCUT2D eigenvalue weighted by atomic mass is 9.93. The van der Waals surface area contributed by atoms with Crippen molar-refractivity contribution in [3.05, 3.63) is 59.2 Å².